The number of halogens is 1. The first kappa shape index (κ1) is 15.8. The minimum Gasteiger partial charge on any atom is -0.497 e. The van der Waals surface area contributed by atoms with Crippen LogP contribution < -0.4 is 10.1 Å². The zero-order chi connectivity index (χ0) is 15.2. The molecular weight excluding hydrogens is 286 g/mol. The van der Waals surface area contributed by atoms with E-state index in [0.717, 1.165) is 21.9 Å². The fourth-order valence-electron chi connectivity index (χ4n) is 2.10. The molecule has 112 valence electrons. The molecule has 2 aromatic carbocycles. The van der Waals surface area contributed by atoms with Gasteiger partial charge in [-0.3, -0.25) is 0 Å². The maximum Gasteiger partial charge on any atom is 0.118 e. The van der Waals surface area contributed by atoms with Crippen molar-refractivity contribution >= 4 is 11.6 Å². The number of methoxy groups -OCH3 is 1. The van der Waals surface area contributed by atoms with Crippen molar-refractivity contribution in [2.45, 2.75) is 19.1 Å². The minimum absolute atomic E-state index is 0.148. The van der Waals surface area contributed by atoms with Gasteiger partial charge in [-0.2, -0.15) is 0 Å². The summed E-state index contributed by atoms with van der Waals surface area (Å²) in [7, 11) is 1.63. The third-order valence-electron chi connectivity index (χ3n) is 3.49. The second kappa shape index (κ2) is 7.46. The highest BCUT2D eigenvalue weighted by atomic mass is 35.5. The highest BCUT2D eigenvalue weighted by Gasteiger charge is 2.10. The molecule has 2 rings (SSSR count). The monoisotopic (exact) mass is 305 g/mol. The van der Waals surface area contributed by atoms with Gasteiger partial charge >= 0.3 is 0 Å². The molecule has 4 heteroatoms. The molecule has 0 heterocycles. The number of ether oxygens (including phenoxy) is 1. The molecule has 3 nitrogen and oxygen atoms in total. The molecule has 2 atom stereocenters. The van der Waals surface area contributed by atoms with Crippen molar-refractivity contribution < 1.29 is 9.84 Å². The number of aliphatic hydroxyl groups is 1. The SMILES string of the molecule is COc1ccc(C(O)CNC(C)c2ccc(Cl)cc2)cc1. The molecule has 2 N–H and O–H groups in total. The fraction of sp³-hybridized carbons (Fsp3) is 0.294. The first-order valence-electron chi connectivity index (χ1n) is 6.91. The van der Waals surface area contributed by atoms with Crippen molar-refractivity contribution in [1.82, 2.24) is 5.32 Å². The molecule has 0 saturated carbocycles. The Hall–Kier alpha value is -1.55. The average Bonchev–Trinajstić information content (AvgIpc) is 2.53. The van der Waals surface area contributed by atoms with E-state index >= 15 is 0 Å². The van der Waals surface area contributed by atoms with Gasteiger partial charge in [0.15, 0.2) is 0 Å². The first-order valence-corrected chi connectivity index (χ1v) is 7.29. The van der Waals surface area contributed by atoms with E-state index in [2.05, 4.69) is 12.2 Å². The van der Waals surface area contributed by atoms with Crippen LogP contribution in [0.2, 0.25) is 5.02 Å². The van der Waals surface area contributed by atoms with Gasteiger partial charge in [-0.05, 0) is 42.3 Å². The van der Waals surface area contributed by atoms with E-state index < -0.39 is 6.10 Å². The highest BCUT2D eigenvalue weighted by Crippen LogP contribution is 2.19. The van der Waals surface area contributed by atoms with Crippen LogP contribution in [0.1, 0.15) is 30.2 Å². The largest absolute Gasteiger partial charge is 0.497 e. The van der Waals surface area contributed by atoms with Crippen LogP contribution in [-0.4, -0.2) is 18.8 Å². The molecule has 0 fully saturated rings. The van der Waals surface area contributed by atoms with E-state index in [1.165, 1.54) is 0 Å². The Balaban J connectivity index is 1.90. The van der Waals surface area contributed by atoms with Crippen LogP contribution in [0.3, 0.4) is 0 Å². The molecule has 0 saturated heterocycles. The summed E-state index contributed by atoms with van der Waals surface area (Å²) in [4.78, 5) is 0. The van der Waals surface area contributed by atoms with Crippen molar-refractivity contribution in [3.05, 3.63) is 64.7 Å². The van der Waals surface area contributed by atoms with E-state index in [9.17, 15) is 5.11 Å². The normalized spacial score (nSPS) is 13.7. The summed E-state index contributed by atoms with van der Waals surface area (Å²) >= 11 is 5.88. The predicted octanol–water partition coefficient (Wildman–Crippen LogP) is 3.73. The van der Waals surface area contributed by atoms with Gasteiger partial charge in [-0.1, -0.05) is 35.9 Å². The zero-order valence-electron chi connectivity index (χ0n) is 12.2. The van der Waals surface area contributed by atoms with Gasteiger partial charge < -0.3 is 15.2 Å². The lowest BCUT2D eigenvalue weighted by atomic mass is 10.1. The van der Waals surface area contributed by atoms with Crippen LogP contribution in [0, 0.1) is 0 Å². The van der Waals surface area contributed by atoms with Crippen molar-refractivity contribution in [3.63, 3.8) is 0 Å². The van der Waals surface area contributed by atoms with Crippen LogP contribution in [0.4, 0.5) is 0 Å². The van der Waals surface area contributed by atoms with E-state index in [0.29, 0.717) is 6.54 Å². The molecule has 2 unspecified atom stereocenters. The average molecular weight is 306 g/mol. The lowest BCUT2D eigenvalue weighted by Crippen LogP contribution is -2.24. The van der Waals surface area contributed by atoms with Crippen molar-refractivity contribution in [1.29, 1.82) is 0 Å². The molecule has 0 aliphatic carbocycles. The fourth-order valence-corrected chi connectivity index (χ4v) is 2.23. The highest BCUT2D eigenvalue weighted by molar-refractivity contribution is 6.30. The molecule has 0 aromatic heterocycles. The number of aliphatic hydroxyl groups excluding tert-OH is 1. The molecule has 0 bridgehead atoms. The van der Waals surface area contributed by atoms with Crippen molar-refractivity contribution in [2.75, 3.05) is 13.7 Å². The maximum absolute atomic E-state index is 10.2. The Morgan fingerprint density at radius 3 is 2.19 bits per heavy atom. The van der Waals surface area contributed by atoms with Crippen LogP contribution in [0.15, 0.2) is 48.5 Å². The van der Waals surface area contributed by atoms with Gasteiger partial charge in [0.25, 0.3) is 0 Å². The molecule has 21 heavy (non-hydrogen) atoms. The quantitative estimate of drug-likeness (QED) is 0.854. The molecular formula is C17H20ClNO2. The Kier molecular flexibility index (Phi) is 5.62. The smallest absolute Gasteiger partial charge is 0.118 e. The molecule has 0 aliphatic heterocycles. The van der Waals surface area contributed by atoms with E-state index in [4.69, 9.17) is 16.3 Å². The van der Waals surface area contributed by atoms with E-state index in [1.807, 2.05) is 48.5 Å². The number of hydrogen-bond acceptors (Lipinski definition) is 3. The van der Waals surface area contributed by atoms with Gasteiger partial charge in [0.2, 0.25) is 0 Å². The third-order valence-corrected chi connectivity index (χ3v) is 3.74. The number of hydrogen-bond donors (Lipinski definition) is 2. The molecule has 0 radical (unpaired) electrons. The maximum atomic E-state index is 10.2. The van der Waals surface area contributed by atoms with Gasteiger partial charge in [0.05, 0.1) is 13.2 Å². The Morgan fingerprint density at radius 1 is 1.05 bits per heavy atom. The van der Waals surface area contributed by atoms with Crippen LogP contribution in [0.5, 0.6) is 5.75 Å². The Morgan fingerprint density at radius 2 is 1.62 bits per heavy atom. The summed E-state index contributed by atoms with van der Waals surface area (Å²) in [6.45, 7) is 2.54. The summed E-state index contributed by atoms with van der Waals surface area (Å²) in [6.07, 6.45) is -0.550. The Labute approximate surface area is 130 Å². The summed E-state index contributed by atoms with van der Waals surface area (Å²) in [5.74, 6) is 0.786. The summed E-state index contributed by atoms with van der Waals surface area (Å²) < 4.78 is 5.11. The topological polar surface area (TPSA) is 41.5 Å². The molecule has 0 spiro atoms. The zero-order valence-corrected chi connectivity index (χ0v) is 13.0. The number of rotatable bonds is 6. The van der Waals surface area contributed by atoms with E-state index in [-0.39, 0.29) is 6.04 Å². The molecule has 2 aromatic rings. The van der Waals surface area contributed by atoms with Gasteiger partial charge in [0.1, 0.15) is 5.75 Å². The van der Waals surface area contributed by atoms with Gasteiger partial charge in [0, 0.05) is 17.6 Å². The second-order valence-electron chi connectivity index (χ2n) is 4.97. The lowest BCUT2D eigenvalue weighted by molar-refractivity contribution is 0.170. The standard InChI is InChI=1S/C17H20ClNO2/c1-12(13-3-7-15(18)8-4-13)19-11-17(20)14-5-9-16(21-2)10-6-14/h3-10,12,17,19-20H,11H2,1-2H3. The predicted molar refractivity (Wildman–Crippen MR) is 85.8 cm³/mol. The number of benzene rings is 2. The van der Waals surface area contributed by atoms with Crippen molar-refractivity contribution in [2.24, 2.45) is 0 Å². The molecule has 0 amide bonds. The first-order chi connectivity index (χ1) is 10.1. The molecule has 0 aliphatic rings. The van der Waals surface area contributed by atoms with Crippen LogP contribution >= 0.6 is 11.6 Å². The van der Waals surface area contributed by atoms with Gasteiger partial charge in [-0.15, -0.1) is 0 Å². The van der Waals surface area contributed by atoms with Crippen LogP contribution in [0.25, 0.3) is 0 Å². The minimum atomic E-state index is -0.550. The van der Waals surface area contributed by atoms with E-state index in [1.54, 1.807) is 7.11 Å². The summed E-state index contributed by atoms with van der Waals surface area (Å²) in [5, 5.41) is 14.2. The second-order valence-corrected chi connectivity index (χ2v) is 5.41. The lowest BCUT2D eigenvalue weighted by Gasteiger charge is -2.18. The number of nitrogens with one attached hydrogen (secondary N) is 1. The summed E-state index contributed by atoms with van der Waals surface area (Å²) in [5.41, 5.74) is 2.01. The third kappa shape index (κ3) is 4.46. The van der Waals surface area contributed by atoms with Crippen molar-refractivity contribution in [3.8, 4) is 5.75 Å². The summed E-state index contributed by atoms with van der Waals surface area (Å²) in [6, 6.07) is 15.3. The van der Waals surface area contributed by atoms with Gasteiger partial charge in [-0.25, -0.2) is 0 Å². The van der Waals surface area contributed by atoms with Crippen LogP contribution in [-0.2, 0) is 0 Å². The Bertz CT molecular complexity index is 554.